The van der Waals surface area contributed by atoms with Crippen LogP contribution in [-0.2, 0) is 13.6 Å². The third-order valence-corrected chi connectivity index (χ3v) is 5.45. The molecule has 1 aliphatic heterocycles. The van der Waals surface area contributed by atoms with Crippen LogP contribution in [-0.4, -0.2) is 22.2 Å². The maximum absolute atomic E-state index is 4.52. The van der Waals surface area contributed by atoms with Gasteiger partial charge in [0.05, 0.1) is 23.6 Å². The van der Waals surface area contributed by atoms with E-state index >= 15 is 0 Å². The summed E-state index contributed by atoms with van der Waals surface area (Å²) in [7, 11) is 1.97. The van der Waals surface area contributed by atoms with E-state index in [0.29, 0.717) is 0 Å². The molecule has 0 atom stereocenters. The summed E-state index contributed by atoms with van der Waals surface area (Å²) in [5.41, 5.74) is 7.12. The van der Waals surface area contributed by atoms with Crippen molar-refractivity contribution in [1.29, 1.82) is 0 Å². The highest BCUT2D eigenvalue weighted by atomic mass is 32.2. The van der Waals surface area contributed by atoms with Gasteiger partial charge in [0.1, 0.15) is 5.84 Å². The first-order valence-corrected chi connectivity index (χ1v) is 9.24. The van der Waals surface area contributed by atoms with Gasteiger partial charge in [0.15, 0.2) is 0 Å². The van der Waals surface area contributed by atoms with Gasteiger partial charge in [-0.25, -0.2) is 0 Å². The zero-order valence-corrected chi connectivity index (χ0v) is 16.3. The van der Waals surface area contributed by atoms with Crippen LogP contribution in [0.2, 0.25) is 0 Å². The van der Waals surface area contributed by atoms with Crippen molar-refractivity contribution in [3.8, 4) is 0 Å². The molecule has 1 aromatic carbocycles. The molecule has 0 aliphatic carbocycles. The lowest BCUT2D eigenvalue weighted by Crippen LogP contribution is -2.22. The third-order valence-electron chi connectivity index (χ3n) is 4.63. The highest BCUT2D eigenvalue weighted by molar-refractivity contribution is 8.00. The molecule has 2 aromatic rings. The minimum atomic E-state index is 0.794. The van der Waals surface area contributed by atoms with Crippen molar-refractivity contribution in [2.24, 2.45) is 12.0 Å². The lowest BCUT2D eigenvalue weighted by molar-refractivity contribution is 0.731. The SMILES string of the molecule is CC1=C(C)C(NCc2ccc(SNc3c(C)nn(C)c3C)cc2)=NC1. The Morgan fingerprint density at radius 2 is 1.84 bits per heavy atom. The number of amidine groups is 1. The summed E-state index contributed by atoms with van der Waals surface area (Å²) in [6.45, 7) is 9.97. The van der Waals surface area contributed by atoms with E-state index in [1.54, 1.807) is 11.9 Å². The molecule has 2 heterocycles. The lowest BCUT2D eigenvalue weighted by Gasteiger charge is -2.09. The van der Waals surface area contributed by atoms with Gasteiger partial charge in [0, 0.05) is 18.5 Å². The summed E-state index contributed by atoms with van der Waals surface area (Å²) in [6.07, 6.45) is 0. The smallest absolute Gasteiger partial charge is 0.124 e. The molecule has 0 saturated heterocycles. The zero-order valence-electron chi connectivity index (χ0n) is 15.5. The Hall–Kier alpha value is -2.21. The van der Waals surface area contributed by atoms with Crippen molar-refractivity contribution in [2.75, 3.05) is 11.3 Å². The number of nitrogens with one attached hydrogen (secondary N) is 2. The summed E-state index contributed by atoms with van der Waals surface area (Å²) in [4.78, 5) is 5.70. The number of aliphatic imine (C=N–C) groups is 1. The molecule has 0 spiro atoms. The topological polar surface area (TPSA) is 54.2 Å². The molecular formula is C19H25N5S. The van der Waals surface area contributed by atoms with Crippen LogP contribution in [0.15, 0.2) is 45.3 Å². The van der Waals surface area contributed by atoms with Gasteiger partial charge in [-0.1, -0.05) is 12.1 Å². The minimum Gasteiger partial charge on any atom is -0.366 e. The van der Waals surface area contributed by atoms with Crippen molar-refractivity contribution in [1.82, 2.24) is 15.1 Å². The van der Waals surface area contributed by atoms with Gasteiger partial charge in [0.2, 0.25) is 0 Å². The first-order chi connectivity index (χ1) is 12.0. The molecule has 0 amide bonds. The molecule has 3 rings (SSSR count). The average molecular weight is 356 g/mol. The summed E-state index contributed by atoms with van der Waals surface area (Å²) in [6, 6.07) is 8.59. The number of rotatable bonds is 5. The normalized spacial score (nSPS) is 14.0. The second kappa shape index (κ2) is 7.35. The van der Waals surface area contributed by atoms with E-state index in [2.05, 4.69) is 65.2 Å². The molecule has 0 fully saturated rings. The predicted molar refractivity (Wildman–Crippen MR) is 106 cm³/mol. The van der Waals surface area contributed by atoms with Crippen LogP contribution in [0.25, 0.3) is 0 Å². The van der Waals surface area contributed by atoms with Gasteiger partial charge >= 0.3 is 0 Å². The Labute approximate surface area is 153 Å². The van der Waals surface area contributed by atoms with Crippen LogP contribution >= 0.6 is 11.9 Å². The van der Waals surface area contributed by atoms with Gasteiger partial charge < -0.3 is 10.0 Å². The van der Waals surface area contributed by atoms with Gasteiger partial charge in [-0.05, 0) is 68.5 Å². The van der Waals surface area contributed by atoms with E-state index in [4.69, 9.17) is 0 Å². The Kier molecular flexibility index (Phi) is 5.18. The molecule has 1 aliphatic rings. The Morgan fingerprint density at radius 3 is 2.40 bits per heavy atom. The minimum absolute atomic E-state index is 0.794. The molecule has 6 heteroatoms. The number of benzene rings is 1. The van der Waals surface area contributed by atoms with Crippen molar-refractivity contribution in [3.05, 3.63) is 52.4 Å². The van der Waals surface area contributed by atoms with Gasteiger partial charge in [0.25, 0.3) is 0 Å². The number of aromatic nitrogens is 2. The monoisotopic (exact) mass is 355 g/mol. The fourth-order valence-corrected chi connectivity index (χ4v) is 3.51. The van der Waals surface area contributed by atoms with E-state index in [-0.39, 0.29) is 0 Å². The molecule has 2 N–H and O–H groups in total. The predicted octanol–water partition coefficient (Wildman–Crippen LogP) is 3.99. The zero-order chi connectivity index (χ0) is 18.0. The second-order valence-corrected chi connectivity index (χ2v) is 7.32. The van der Waals surface area contributed by atoms with Crippen LogP contribution in [0.4, 0.5) is 5.69 Å². The fraction of sp³-hybridized carbons (Fsp3) is 0.368. The van der Waals surface area contributed by atoms with Crippen LogP contribution in [0, 0.1) is 13.8 Å². The number of aryl methyl sites for hydroxylation is 2. The average Bonchev–Trinajstić information content (AvgIpc) is 3.04. The van der Waals surface area contributed by atoms with Gasteiger partial charge in [-0.2, -0.15) is 5.10 Å². The molecular weight excluding hydrogens is 330 g/mol. The van der Waals surface area contributed by atoms with E-state index < -0.39 is 0 Å². The first-order valence-electron chi connectivity index (χ1n) is 8.42. The standard InChI is InChI=1S/C19H25N5S/c1-12-10-20-19(13(12)2)21-11-16-6-8-17(9-7-16)25-23-18-14(3)22-24(5)15(18)4/h6-9,23H,10-11H2,1-5H3,(H,20,21). The maximum atomic E-state index is 4.52. The first kappa shape index (κ1) is 17.6. The van der Waals surface area contributed by atoms with Crippen LogP contribution in [0.5, 0.6) is 0 Å². The summed E-state index contributed by atoms with van der Waals surface area (Å²) in [5.74, 6) is 1.03. The molecule has 0 radical (unpaired) electrons. The number of anilines is 1. The van der Waals surface area contributed by atoms with Crippen LogP contribution < -0.4 is 10.0 Å². The fourth-order valence-electron chi connectivity index (χ4n) is 2.72. The second-order valence-electron chi connectivity index (χ2n) is 6.44. The van der Waals surface area contributed by atoms with Crippen LogP contribution in [0.3, 0.4) is 0 Å². The number of hydrogen-bond acceptors (Lipinski definition) is 5. The molecule has 0 saturated carbocycles. The summed E-state index contributed by atoms with van der Waals surface area (Å²) >= 11 is 1.61. The molecule has 5 nitrogen and oxygen atoms in total. The highest BCUT2D eigenvalue weighted by Crippen LogP contribution is 2.26. The van der Waals surface area contributed by atoms with Crippen LogP contribution in [0.1, 0.15) is 30.8 Å². The molecule has 25 heavy (non-hydrogen) atoms. The number of hydrogen-bond donors (Lipinski definition) is 2. The summed E-state index contributed by atoms with van der Waals surface area (Å²) < 4.78 is 5.32. The highest BCUT2D eigenvalue weighted by Gasteiger charge is 2.12. The molecule has 0 bridgehead atoms. The molecule has 132 valence electrons. The third kappa shape index (κ3) is 3.90. The van der Waals surface area contributed by atoms with E-state index in [1.165, 1.54) is 21.6 Å². The Bertz CT molecular complexity index is 830. The van der Waals surface area contributed by atoms with E-state index in [1.807, 2.05) is 18.7 Å². The molecule has 1 aromatic heterocycles. The van der Waals surface area contributed by atoms with Crippen molar-refractivity contribution < 1.29 is 0 Å². The number of nitrogens with zero attached hydrogens (tertiary/aromatic N) is 3. The quantitative estimate of drug-likeness (QED) is 0.796. The van der Waals surface area contributed by atoms with E-state index in [9.17, 15) is 0 Å². The van der Waals surface area contributed by atoms with E-state index in [0.717, 1.165) is 36.0 Å². The van der Waals surface area contributed by atoms with Gasteiger partial charge in [-0.15, -0.1) is 0 Å². The molecule has 0 unspecified atom stereocenters. The lowest BCUT2D eigenvalue weighted by atomic mass is 10.1. The van der Waals surface area contributed by atoms with Gasteiger partial charge in [-0.3, -0.25) is 9.67 Å². The van der Waals surface area contributed by atoms with Crippen molar-refractivity contribution in [3.63, 3.8) is 0 Å². The Morgan fingerprint density at radius 1 is 1.12 bits per heavy atom. The van der Waals surface area contributed by atoms with Crippen molar-refractivity contribution >= 4 is 23.5 Å². The largest absolute Gasteiger partial charge is 0.366 e. The van der Waals surface area contributed by atoms with Crippen molar-refractivity contribution in [2.45, 2.75) is 39.1 Å². The summed E-state index contributed by atoms with van der Waals surface area (Å²) in [5, 5.41) is 7.86. The maximum Gasteiger partial charge on any atom is 0.124 e. The Balaban J connectivity index is 1.56.